The van der Waals surface area contributed by atoms with Gasteiger partial charge in [-0.15, -0.1) is 12.4 Å². The number of aryl methyl sites for hydroxylation is 1. The van der Waals surface area contributed by atoms with E-state index in [0.29, 0.717) is 11.7 Å². The lowest BCUT2D eigenvalue weighted by atomic mass is 9.91. The van der Waals surface area contributed by atoms with Gasteiger partial charge in [-0.2, -0.15) is 0 Å². The van der Waals surface area contributed by atoms with Crippen LogP contribution in [0.15, 0.2) is 40.8 Å². The van der Waals surface area contributed by atoms with Crippen molar-refractivity contribution in [1.29, 1.82) is 0 Å². The lowest BCUT2D eigenvalue weighted by Gasteiger charge is -2.33. The summed E-state index contributed by atoms with van der Waals surface area (Å²) in [6.07, 6.45) is 1.93. The molecule has 0 radical (unpaired) electrons. The Morgan fingerprint density at radius 2 is 1.85 bits per heavy atom. The predicted molar refractivity (Wildman–Crippen MR) is 108 cm³/mol. The van der Waals surface area contributed by atoms with Crippen LogP contribution in [0.1, 0.15) is 35.9 Å². The topological polar surface area (TPSA) is 59.5 Å². The van der Waals surface area contributed by atoms with Gasteiger partial charge in [-0.1, -0.05) is 36.4 Å². The molecule has 4 nitrogen and oxygen atoms in total. The zero-order valence-corrected chi connectivity index (χ0v) is 16.0. The van der Waals surface area contributed by atoms with Crippen LogP contribution >= 0.6 is 12.4 Å². The van der Waals surface area contributed by atoms with Gasteiger partial charge in [0.2, 0.25) is 0 Å². The van der Waals surface area contributed by atoms with E-state index in [-0.39, 0.29) is 24.4 Å². The molecule has 0 bridgehead atoms. The highest BCUT2D eigenvalue weighted by Gasteiger charge is 2.28. The first-order chi connectivity index (χ1) is 12.1. The largest absolute Gasteiger partial charge is 0.450 e. The summed E-state index contributed by atoms with van der Waals surface area (Å²) in [7, 11) is 0. The molecule has 1 unspecified atom stereocenters. The molecule has 1 saturated heterocycles. The van der Waals surface area contributed by atoms with Gasteiger partial charge in [-0.3, -0.25) is 4.79 Å². The number of fused-ring (bicyclic) bond motifs is 3. The van der Waals surface area contributed by atoms with E-state index in [2.05, 4.69) is 25.1 Å². The number of nitrogens with zero attached hydrogens (tertiary/aromatic N) is 1. The van der Waals surface area contributed by atoms with Crippen molar-refractivity contribution >= 4 is 40.1 Å². The third-order valence-corrected chi connectivity index (χ3v) is 5.59. The molecule has 2 heterocycles. The number of piperidine rings is 1. The molecule has 3 aromatic rings. The van der Waals surface area contributed by atoms with Gasteiger partial charge >= 0.3 is 0 Å². The number of carbonyl (C=O) groups excluding carboxylic acids is 1. The highest BCUT2D eigenvalue weighted by Crippen LogP contribution is 2.33. The van der Waals surface area contributed by atoms with E-state index in [4.69, 9.17) is 10.2 Å². The molecule has 1 fully saturated rings. The van der Waals surface area contributed by atoms with Crippen LogP contribution in [0.3, 0.4) is 0 Å². The Hall–Kier alpha value is -2.04. The number of halogens is 1. The fourth-order valence-electron chi connectivity index (χ4n) is 3.93. The standard InChI is InChI=1S/C21H24N2O2.ClH/c1-13-17-8-7-16-5-3-4-6-18(16)20(17)25-19(13)21(24)23-11-9-15(10-12-23)14(2)22;/h3-8,14-15H,9-12,22H2,1-2H3;1H. The quantitative estimate of drug-likeness (QED) is 0.719. The van der Waals surface area contributed by atoms with Gasteiger partial charge in [-0.25, -0.2) is 0 Å². The molecule has 1 aliphatic heterocycles. The zero-order chi connectivity index (χ0) is 17.6. The summed E-state index contributed by atoms with van der Waals surface area (Å²) < 4.78 is 6.09. The molecule has 0 aliphatic carbocycles. The minimum absolute atomic E-state index is 0. The molecule has 2 N–H and O–H groups in total. The van der Waals surface area contributed by atoms with E-state index in [0.717, 1.165) is 53.2 Å². The summed E-state index contributed by atoms with van der Waals surface area (Å²) >= 11 is 0. The first-order valence-electron chi connectivity index (χ1n) is 9.02. The molecular weight excluding hydrogens is 348 g/mol. The Kier molecular flexibility index (Phi) is 5.26. The number of rotatable bonds is 2. The molecule has 138 valence electrons. The number of benzene rings is 2. The normalized spacial score (nSPS) is 16.7. The van der Waals surface area contributed by atoms with E-state index in [1.807, 2.05) is 30.0 Å². The number of nitrogens with two attached hydrogens (primary N) is 1. The molecule has 2 aromatic carbocycles. The molecule has 1 atom stereocenters. The van der Waals surface area contributed by atoms with Gasteiger partial charge in [0, 0.05) is 35.5 Å². The third kappa shape index (κ3) is 3.08. The van der Waals surface area contributed by atoms with Gasteiger partial charge in [0.25, 0.3) is 5.91 Å². The molecule has 5 heteroatoms. The highest BCUT2D eigenvalue weighted by molar-refractivity contribution is 6.08. The second-order valence-corrected chi connectivity index (χ2v) is 7.21. The lowest BCUT2D eigenvalue weighted by molar-refractivity contribution is 0.0650. The van der Waals surface area contributed by atoms with Gasteiger partial charge < -0.3 is 15.1 Å². The Bertz CT molecular complexity index is 940. The van der Waals surface area contributed by atoms with Crippen LogP contribution in [0.2, 0.25) is 0 Å². The van der Waals surface area contributed by atoms with Crippen LogP contribution in [0.25, 0.3) is 21.7 Å². The second kappa shape index (κ2) is 7.29. The Morgan fingerprint density at radius 3 is 2.54 bits per heavy atom. The molecule has 1 aliphatic rings. The van der Waals surface area contributed by atoms with Crippen LogP contribution in [-0.4, -0.2) is 29.9 Å². The number of hydrogen-bond acceptors (Lipinski definition) is 3. The Morgan fingerprint density at radius 1 is 1.15 bits per heavy atom. The highest BCUT2D eigenvalue weighted by atomic mass is 35.5. The predicted octanol–water partition coefficient (Wildman–Crippen LogP) is 4.52. The molecule has 1 aromatic heterocycles. The van der Waals surface area contributed by atoms with Crippen LogP contribution in [-0.2, 0) is 0 Å². The van der Waals surface area contributed by atoms with E-state index >= 15 is 0 Å². The van der Waals surface area contributed by atoms with Crippen molar-refractivity contribution in [3.63, 3.8) is 0 Å². The first kappa shape index (κ1) is 18.7. The average Bonchev–Trinajstić information content (AvgIpc) is 2.98. The molecule has 26 heavy (non-hydrogen) atoms. The second-order valence-electron chi connectivity index (χ2n) is 7.21. The zero-order valence-electron chi connectivity index (χ0n) is 15.2. The lowest BCUT2D eigenvalue weighted by Crippen LogP contribution is -2.42. The van der Waals surface area contributed by atoms with Crippen molar-refractivity contribution in [3.8, 4) is 0 Å². The fraction of sp³-hybridized carbons (Fsp3) is 0.381. The van der Waals surface area contributed by atoms with Crippen molar-refractivity contribution < 1.29 is 9.21 Å². The summed E-state index contributed by atoms with van der Waals surface area (Å²) in [6, 6.07) is 12.4. The molecular formula is C21H25ClN2O2. The van der Waals surface area contributed by atoms with Crippen LogP contribution in [0.4, 0.5) is 0 Å². The Balaban J connectivity index is 0.00000196. The van der Waals surface area contributed by atoms with Gasteiger partial charge in [0.15, 0.2) is 5.76 Å². The minimum atomic E-state index is 0. The summed E-state index contributed by atoms with van der Waals surface area (Å²) in [6.45, 7) is 5.53. The maximum atomic E-state index is 13.0. The van der Waals surface area contributed by atoms with Gasteiger partial charge in [-0.05, 0) is 38.0 Å². The Labute approximate surface area is 159 Å². The summed E-state index contributed by atoms with van der Waals surface area (Å²) in [5.41, 5.74) is 7.75. The number of furan rings is 1. The molecule has 4 rings (SSSR count). The van der Waals surface area contributed by atoms with Crippen molar-refractivity contribution in [2.75, 3.05) is 13.1 Å². The molecule has 0 saturated carbocycles. The van der Waals surface area contributed by atoms with Crippen molar-refractivity contribution in [2.45, 2.75) is 32.7 Å². The van der Waals surface area contributed by atoms with E-state index in [1.54, 1.807) is 0 Å². The average molecular weight is 373 g/mol. The van der Waals surface area contributed by atoms with Crippen molar-refractivity contribution in [3.05, 3.63) is 47.7 Å². The van der Waals surface area contributed by atoms with E-state index < -0.39 is 0 Å². The maximum Gasteiger partial charge on any atom is 0.289 e. The van der Waals surface area contributed by atoms with E-state index in [9.17, 15) is 4.79 Å². The summed E-state index contributed by atoms with van der Waals surface area (Å²) in [5, 5.41) is 3.20. The van der Waals surface area contributed by atoms with Gasteiger partial charge in [0.1, 0.15) is 5.58 Å². The van der Waals surface area contributed by atoms with Crippen molar-refractivity contribution in [2.24, 2.45) is 11.7 Å². The first-order valence-corrected chi connectivity index (χ1v) is 9.02. The monoisotopic (exact) mass is 372 g/mol. The fourth-order valence-corrected chi connectivity index (χ4v) is 3.93. The number of hydrogen-bond donors (Lipinski definition) is 1. The summed E-state index contributed by atoms with van der Waals surface area (Å²) in [5.74, 6) is 0.983. The minimum Gasteiger partial charge on any atom is -0.450 e. The van der Waals surface area contributed by atoms with Gasteiger partial charge in [0.05, 0.1) is 0 Å². The number of carbonyl (C=O) groups is 1. The summed E-state index contributed by atoms with van der Waals surface area (Å²) in [4.78, 5) is 14.9. The molecule has 1 amide bonds. The number of likely N-dealkylation sites (tertiary alicyclic amines) is 1. The van der Waals surface area contributed by atoms with Crippen molar-refractivity contribution in [1.82, 2.24) is 4.90 Å². The third-order valence-electron chi connectivity index (χ3n) is 5.59. The van der Waals surface area contributed by atoms with Crippen LogP contribution in [0.5, 0.6) is 0 Å². The SMILES string of the molecule is Cc1c(C(=O)N2CCC(C(C)N)CC2)oc2c1ccc1ccccc12.Cl. The molecule has 0 spiro atoms. The maximum absolute atomic E-state index is 13.0. The van der Waals surface area contributed by atoms with Crippen LogP contribution < -0.4 is 5.73 Å². The van der Waals surface area contributed by atoms with E-state index in [1.165, 1.54) is 0 Å². The van der Waals surface area contributed by atoms with Crippen LogP contribution in [0, 0.1) is 12.8 Å². The smallest absolute Gasteiger partial charge is 0.289 e. The number of amides is 1.